The summed E-state index contributed by atoms with van der Waals surface area (Å²) in [7, 11) is 0. The average molecular weight is 274 g/mol. The summed E-state index contributed by atoms with van der Waals surface area (Å²) in [5, 5.41) is 17.7. The van der Waals surface area contributed by atoms with Crippen LogP contribution < -0.4 is 4.90 Å². The second kappa shape index (κ2) is 5.73. The van der Waals surface area contributed by atoms with Gasteiger partial charge in [-0.25, -0.2) is 4.79 Å². The van der Waals surface area contributed by atoms with Crippen molar-refractivity contribution < 1.29 is 9.90 Å². The molecule has 106 valence electrons. The van der Waals surface area contributed by atoms with Gasteiger partial charge in [0.2, 0.25) is 5.69 Å². The third kappa shape index (κ3) is 2.64. The van der Waals surface area contributed by atoms with Crippen molar-refractivity contribution in [1.82, 2.24) is 15.0 Å². The van der Waals surface area contributed by atoms with Crippen molar-refractivity contribution in [2.75, 3.05) is 18.0 Å². The minimum Gasteiger partial charge on any atom is -0.476 e. The number of aromatic carboxylic acids is 1. The standard InChI is InChI=1S/C14H18N4O2/c1-4-17(5-2)13-12(14(19)20)15-18(16-13)11-8-6-7-10(3)9-11/h6-9H,4-5H2,1-3H3,(H,19,20). The number of hydrogen-bond donors (Lipinski definition) is 1. The Balaban J connectivity index is 2.51. The normalized spacial score (nSPS) is 10.6. The van der Waals surface area contributed by atoms with E-state index in [1.165, 1.54) is 4.80 Å². The molecule has 0 aliphatic carbocycles. The van der Waals surface area contributed by atoms with E-state index in [1.54, 1.807) is 0 Å². The fourth-order valence-corrected chi connectivity index (χ4v) is 2.04. The smallest absolute Gasteiger partial charge is 0.360 e. The van der Waals surface area contributed by atoms with Gasteiger partial charge in [0.25, 0.3) is 0 Å². The number of carboxylic acids is 1. The SMILES string of the molecule is CCN(CC)c1nn(-c2cccc(C)c2)nc1C(=O)O. The molecule has 1 heterocycles. The van der Waals surface area contributed by atoms with E-state index in [1.807, 2.05) is 49.9 Å². The zero-order valence-electron chi connectivity index (χ0n) is 11.9. The molecular weight excluding hydrogens is 256 g/mol. The molecule has 2 rings (SSSR count). The molecular formula is C14H18N4O2. The average Bonchev–Trinajstić information content (AvgIpc) is 2.85. The number of aryl methyl sites for hydroxylation is 1. The summed E-state index contributed by atoms with van der Waals surface area (Å²) < 4.78 is 0. The number of carboxylic acid groups (broad SMARTS) is 1. The predicted octanol–water partition coefficient (Wildman–Crippen LogP) is 2.12. The first-order chi connectivity index (χ1) is 9.56. The van der Waals surface area contributed by atoms with Gasteiger partial charge in [-0.2, -0.15) is 0 Å². The van der Waals surface area contributed by atoms with E-state index >= 15 is 0 Å². The molecule has 0 radical (unpaired) electrons. The Labute approximate surface area is 117 Å². The lowest BCUT2D eigenvalue weighted by Gasteiger charge is -2.17. The number of benzene rings is 1. The van der Waals surface area contributed by atoms with Crippen LogP contribution in [0.5, 0.6) is 0 Å². The van der Waals surface area contributed by atoms with E-state index in [0.717, 1.165) is 11.3 Å². The summed E-state index contributed by atoms with van der Waals surface area (Å²) in [5.41, 5.74) is 1.81. The third-order valence-electron chi connectivity index (χ3n) is 3.09. The molecule has 2 aromatic rings. The van der Waals surface area contributed by atoms with Gasteiger partial charge in [-0.15, -0.1) is 15.0 Å². The van der Waals surface area contributed by atoms with Gasteiger partial charge in [-0.3, -0.25) is 0 Å². The van der Waals surface area contributed by atoms with Crippen molar-refractivity contribution in [1.29, 1.82) is 0 Å². The van der Waals surface area contributed by atoms with Crippen LogP contribution >= 0.6 is 0 Å². The van der Waals surface area contributed by atoms with Crippen molar-refractivity contribution >= 4 is 11.8 Å². The molecule has 0 saturated heterocycles. The number of aromatic nitrogens is 3. The highest BCUT2D eigenvalue weighted by molar-refractivity contribution is 5.91. The second-order valence-electron chi connectivity index (χ2n) is 4.48. The first-order valence-electron chi connectivity index (χ1n) is 6.59. The van der Waals surface area contributed by atoms with Gasteiger partial charge in [0.1, 0.15) is 0 Å². The molecule has 1 aromatic carbocycles. The third-order valence-corrected chi connectivity index (χ3v) is 3.09. The van der Waals surface area contributed by atoms with Gasteiger partial charge in [0.05, 0.1) is 5.69 Å². The monoisotopic (exact) mass is 274 g/mol. The summed E-state index contributed by atoms with van der Waals surface area (Å²) in [6.07, 6.45) is 0. The van der Waals surface area contributed by atoms with Crippen LogP contribution in [0.2, 0.25) is 0 Å². The molecule has 1 N–H and O–H groups in total. The maximum atomic E-state index is 11.3. The Morgan fingerprint density at radius 2 is 2.00 bits per heavy atom. The molecule has 0 saturated carbocycles. The summed E-state index contributed by atoms with van der Waals surface area (Å²) in [5.74, 6) is -0.658. The van der Waals surface area contributed by atoms with Crippen LogP contribution in [0.1, 0.15) is 29.9 Å². The first kappa shape index (κ1) is 14.0. The number of carbonyl (C=O) groups is 1. The van der Waals surface area contributed by atoms with Crippen molar-refractivity contribution in [3.05, 3.63) is 35.5 Å². The van der Waals surface area contributed by atoms with Crippen LogP contribution in [0.3, 0.4) is 0 Å². The topological polar surface area (TPSA) is 71.2 Å². The second-order valence-corrected chi connectivity index (χ2v) is 4.48. The molecule has 0 fully saturated rings. The molecule has 1 aromatic heterocycles. The highest BCUT2D eigenvalue weighted by atomic mass is 16.4. The quantitative estimate of drug-likeness (QED) is 0.904. The molecule has 0 aliphatic rings. The maximum Gasteiger partial charge on any atom is 0.360 e. The van der Waals surface area contributed by atoms with Gasteiger partial charge in [0.15, 0.2) is 5.82 Å². The molecule has 20 heavy (non-hydrogen) atoms. The highest BCUT2D eigenvalue weighted by Crippen LogP contribution is 2.18. The zero-order chi connectivity index (χ0) is 14.7. The number of hydrogen-bond acceptors (Lipinski definition) is 4. The summed E-state index contributed by atoms with van der Waals surface area (Å²) in [6.45, 7) is 7.25. The van der Waals surface area contributed by atoms with E-state index in [4.69, 9.17) is 0 Å². The molecule has 0 aliphatic heterocycles. The Morgan fingerprint density at radius 3 is 2.55 bits per heavy atom. The lowest BCUT2D eigenvalue weighted by atomic mass is 10.2. The van der Waals surface area contributed by atoms with Gasteiger partial charge < -0.3 is 10.0 Å². The van der Waals surface area contributed by atoms with Crippen LogP contribution in [-0.2, 0) is 0 Å². The van der Waals surface area contributed by atoms with Crippen LogP contribution in [0.25, 0.3) is 5.69 Å². The van der Waals surface area contributed by atoms with Crippen LogP contribution in [0.15, 0.2) is 24.3 Å². The lowest BCUT2D eigenvalue weighted by Crippen LogP contribution is -2.24. The van der Waals surface area contributed by atoms with Crippen molar-refractivity contribution in [2.24, 2.45) is 0 Å². The molecule has 0 unspecified atom stereocenters. The maximum absolute atomic E-state index is 11.3. The zero-order valence-corrected chi connectivity index (χ0v) is 11.9. The molecule has 0 bridgehead atoms. The van der Waals surface area contributed by atoms with E-state index in [2.05, 4.69) is 10.2 Å². The van der Waals surface area contributed by atoms with Crippen molar-refractivity contribution in [3.8, 4) is 5.69 Å². The number of rotatable bonds is 5. The Kier molecular flexibility index (Phi) is 4.02. The molecule has 6 nitrogen and oxygen atoms in total. The fraction of sp³-hybridized carbons (Fsp3) is 0.357. The minimum absolute atomic E-state index is 0.0183. The van der Waals surface area contributed by atoms with E-state index in [-0.39, 0.29) is 5.69 Å². The van der Waals surface area contributed by atoms with Crippen LogP contribution in [-0.4, -0.2) is 39.2 Å². The van der Waals surface area contributed by atoms with Crippen molar-refractivity contribution in [3.63, 3.8) is 0 Å². The van der Waals surface area contributed by atoms with E-state index in [9.17, 15) is 9.90 Å². The molecule has 0 atom stereocenters. The Hall–Kier alpha value is -2.37. The molecule has 0 amide bonds. The van der Waals surface area contributed by atoms with Crippen molar-refractivity contribution in [2.45, 2.75) is 20.8 Å². The van der Waals surface area contributed by atoms with Crippen LogP contribution in [0, 0.1) is 6.92 Å². The lowest BCUT2D eigenvalue weighted by molar-refractivity contribution is 0.0690. The fourth-order valence-electron chi connectivity index (χ4n) is 2.04. The Bertz CT molecular complexity index is 617. The van der Waals surface area contributed by atoms with E-state index < -0.39 is 5.97 Å². The molecule has 6 heteroatoms. The number of anilines is 1. The van der Waals surface area contributed by atoms with Gasteiger partial charge in [-0.1, -0.05) is 12.1 Å². The predicted molar refractivity (Wildman–Crippen MR) is 76.6 cm³/mol. The largest absolute Gasteiger partial charge is 0.476 e. The van der Waals surface area contributed by atoms with Crippen LogP contribution in [0.4, 0.5) is 5.82 Å². The van der Waals surface area contributed by atoms with Gasteiger partial charge in [-0.05, 0) is 38.5 Å². The summed E-state index contributed by atoms with van der Waals surface area (Å²) in [6, 6.07) is 7.63. The van der Waals surface area contributed by atoms with Gasteiger partial charge >= 0.3 is 5.97 Å². The summed E-state index contributed by atoms with van der Waals surface area (Å²) in [4.78, 5) is 14.6. The Morgan fingerprint density at radius 1 is 1.30 bits per heavy atom. The minimum atomic E-state index is -1.06. The first-order valence-corrected chi connectivity index (χ1v) is 6.59. The number of nitrogens with zero attached hydrogens (tertiary/aromatic N) is 4. The van der Waals surface area contributed by atoms with Gasteiger partial charge in [0, 0.05) is 13.1 Å². The molecule has 0 spiro atoms. The summed E-state index contributed by atoms with van der Waals surface area (Å²) >= 11 is 0. The highest BCUT2D eigenvalue weighted by Gasteiger charge is 2.22. The van der Waals surface area contributed by atoms with E-state index in [0.29, 0.717) is 18.9 Å².